The van der Waals surface area contributed by atoms with Gasteiger partial charge in [0.05, 0.1) is 16.3 Å². The Bertz CT molecular complexity index is 1140. The maximum Gasteiger partial charge on any atom is 0.246 e. The molecule has 1 aromatic carbocycles. The van der Waals surface area contributed by atoms with Crippen LogP contribution >= 0.6 is 11.6 Å². The molecule has 1 aliphatic heterocycles. The molecule has 1 aliphatic rings. The molecule has 1 aromatic heterocycles. The highest BCUT2D eigenvalue weighted by Gasteiger charge is 2.29. The third-order valence-corrected chi connectivity index (χ3v) is 5.94. The molecule has 186 valence electrons. The summed E-state index contributed by atoms with van der Waals surface area (Å²) in [4.78, 5) is 38.7. The molecule has 0 aliphatic carbocycles. The summed E-state index contributed by atoms with van der Waals surface area (Å²) in [5, 5.41) is 0.247. The molecule has 9 heteroatoms. The number of halogens is 2. The number of carbonyl (C=O) groups excluding carboxylic acids is 2. The van der Waals surface area contributed by atoms with Gasteiger partial charge in [0.1, 0.15) is 17.5 Å². The Morgan fingerprint density at radius 1 is 1.23 bits per heavy atom. The zero-order valence-corrected chi connectivity index (χ0v) is 21.3. The van der Waals surface area contributed by atoms with Crippen molar-refractivity contribution in [3.8, 4) is 11.3 Å². The van der Waals surface area contributed by atoms with Crippen LogP contribution in [0.4, 0.5) is 10.2 Å². The van der Waals surface area contributed by atoms with Crippen LogP contribution in [0.2, 0.25) is 5.02 Å². The first-order valence-electron chi connectivity index (χ1n) is 11.4. The van der Waals surface area contributed by atoms with E-state index in [1.165, 1.54) is 17.0 Å². The van der Waals surface area contributed by atoms with Gasteiger partial charge < -0.3 is 9.80 Å². The number of piperazine rings is 1. The maximum absolute atomic E-state index is 14.6. The van der Waals surface area contributed by atoms with E-state index in [9.17, 15) is 14.0 Å². The van der Waals surface area contributed by atoms with Gasteiger partial charge in [0, 0.05) is 45.3 Å². The van der Waals surface area contributed by atoms with E-state index in [1.807, 2.05) is 25.7 Å². The van der Waals surface area contributed by atoms with Crippen LogP contribution in [0.25, 0.3) is 11.3 Å². The molecule has 2 heterocycles. The van der Waals surface area contributed by atoms with Crippen LogP contribution in [0.3, 0.4) is 0 Å². The minimum absolute atomic E-state index is 0.114. The predicted octanol–water partition coefficient (Wildman–Crippen LogP) is 4.26. The number of pyridine rings is 1. The number of hydrogen-bond acceptors (Lipinski definition) is 4. The SMILES string of the molecule is C=CC(=O)N1CCN(C(=NC)c2cc(Cl)c(-c3ccccc3F)nc2N(C=O)CC(C)(C)C)CC1. The van der Waals surface area contributed by atoms with Crippen molar-refractivity contribution in [1.29, 1.82) is 0 Å². The number of amides is 2. The number of anilines is 1. The molecule has 1 saturated heterocycles. The molecule has 0 radical (unpaired) electrons. The molecule has 0 unspecified atom stereocenters. The smallest absolute Gasteiger partial charge is 0.246 e. The number of hydrogen-bond donors (Lipinski definition) is 0. The number of benzene rings is 1. The number of amidine groups is 1. The summed E-state index contributed by atoms with van der Waals surface area (Å²) in [7, 11) is 1.66. The highest BCUT2D eigenvalue weighted by atomic mass is 35.5. The minimum atomic E-state index is -0.457. The van der Waals surface area contributed by atoms with Crippen molar-refractivity contribution in [2.75, 3.05) is 44.7 Å². The lowest BCUT2D eigenvalue weighted by Crippen LogP contribution is -2.50. The molecule has 7 nitrogen and oxygen atoms in total. The monoisotopic (exact) mass is 499 g/mol. The minimum Gasteiger partial charge on any atom is -0.353 e. The van der Waals surface area contributed by atoms with Gasteiger partial charge in [0.25, 0.3) is 0 Å². The fourth-order valence-electron chi connectivity index (χ4n) is 4.08. The zero-order chi connectivity index (χ0) is 25.8. The standard InChI is InChI=1S/C26H31ClFN5O2/c1-6-22(35)31-11-13-32(14-12-31)24(29-5)19-15-20(27)23(18-9-7-8-10-21(18)28)30-25(19)33(17-34)16-26(2,3)4/h6-10,15,17H,1,11-14,16H2,2-5H3. The number of nitrogens with zero attached hydrogens (tertiary/aromatic N) is 5. The van der Waals surface area contributed by atoms with E-state index >= 15 is 0 Å². The summed E-state index contributed by atoms with van der Waals surface area (Å²) < 4.78 is 14.6. The van der Waals surface area contributed by atoms with Crippen LogP contribution in [0.15, 0.2) is 48.0 Å². The molecular formula is C26H31ClFN5O2. The first-order valence-corrected chi connectivity index (χ1v) is 11.8. The van der Waals surface area contributed by atoms with Gasteiger partial charge in [-0.25, -0.2) is 9.37 Å². The topological polar surface area (TPSA) is 69.1 Å². The Morgan fingerprint density at radius 3 is 2.40 bits per heavy atom. The number of aromatic nitrogens is 1. The second kappa shape index (κ2) is 11.0. The lowest BCUT2D eigenvalue weighted by Gasteiger charge is -2.37. The van der Waals surface area contributed by atoms with E-state index in [2.05, 4.69) is 11.6 Å². The summed E-state index contributed by atoms with van der Waals surface area (Å²) in [6.07, 6.45) is 2.03. The van der Waals surface area contributed by atoms with Crippen LogP contribution in [0.1, 0.15) is 26.3 Å². The molecular weight excluding hydrogens is 469 g/mol. The predicted molar refractivity (Wildman–Crippen MR) is 138 cm³/mol. The van der Waals surface area contributed by atoms with Gasteiger partial charge in [-0.15, -0.1) is 0 Å². The lowest BCUT2D eigenvalue weighted by molar-refractivity contribution is -0.127. The van der Waals surface area contributed by atoms with Crippen LogP contribution in [-0.4, -0.2) is 72.7 Å². The lowest BCUT2D eigenvalue weighted by atomic mass is 9.96. The molecule has 35 heavy (non-hydrogen) atoms. The fourth-order valence-corrected chi connectivity index (χ4v) is 4.33. The van der Waals surface area contributed by atoms with Gasteiger partial charge >= 0.3 is 0 Å². The molecule has 0 bridgehead atoms. The molecule has 1 fully saturated rings. The summed E-state index contributed by atoms with van der Waals surface area (Å²) in [5.74, 6) is 0.377. The van der Waals surface area contributed by atoms with Crippen molar-refractivity contribution in [2.24, 2.45) is 10.4 Å². The highest BCUT2D eigenvalue weighted by Crippen LogP contribution is 2.34. The second-order valence-electron chi connectivity index (χ2n) is 9.53. The van der Waals surface area contributed by atoms with Crippen molar-refractivity contribution in [1.82, 2.24) is 14.8 Å². The van der Waals surface area contributed by atoms with E-state index in [0.717, 1.165) is 6.41 Å². The molecule has 0 atom stereocenters. The summed E-state index contributed by atoms with van der Waals surface area (Å²) in [6, 6.07) is 7.94. The largest absolute Gasteiger partial charge is 0.353 e. The number of rotatable bonds is 6. The molecule has 2 amide bonds. The third-order valence-electron chi connectivity index (χ3n) is 5.65. The number of carbonyl (C=O) groups is 2. The van der Waals surface area contributed by atoms with Gasteiger partial charge in [0.15, 0.2) is 0 Å². The Hall–Kier alpha value is -3.26. The van der Waals surface area contributed by atoms with E-state index in [1.54, 1.807) is 36.2 Å². The van der Waals surface area contributed by atoms with E-state index in [0.29, 0.717) is 49.9 Å². The Kier molecular flexibility index (Phi) is 8.27. The third kappa shape index (κ3) is 6.06. The Morgan fingerprint density at radius 2 is 1.86 bits per heavy atom. The second-order valence-corrected chi connectivity index (χ2v) is 9.93. The summed E-state index contributed by atoms with van der Waals surface area (Å²) in [5.41, 5.74) is 0.842. The van der Waals surface area contributed by atoms with Gasteiger partial charge in [-0.2, -0.15) is 0 Å². The van der Waals surface area contributed by atoms with Crippen molar-refractivity contribution in [3.63, 3.8) is 0 Å². The quantitative estimate of drug-likeness (QED) is 0.258. The highest BCUT2D eigenvalue weighted by molar-refractivity contribution is 6.33. The molecule has 0 saturated carbocycles. The molecule has 0 spiro atoms. The maximum atomic E-state index is 14.6. The van der Waals surface area contributed by atoms with E-state index < -0.39 is 5.82 Å². The Balaban J connectivity index is 2.11. The van der Waals surface area contributed by atoms with E-state index in [4.69, 9.17) is 16.6 Å². The van der Waals surface area contributed by atoms with Crippen LogP contribution < -0.4 is 4.90 Å². The van der Waals surface area contributed by atoms with Gasteiger partial charge in [-0.1, -0.05) is 51.1 Å². The van der Waals surface area contributed by atoms with Crippen molar-refractivity contribution in [3.05, 3.63) is 59.4 Å². The fraction of sp³-hybridized carbons (Fsp3) is 0.385. The zero-order valence-electron chi connectivity index (χ0n) is 20.6. The average molecular weight is 500 g/mol. The molecule has 2 aromatic rings. The first-order chi connectivity index (χ1) is 16.6. The summed E-state index contributed by atoms with van der Waals surface area (Å²) >= 11 is 6.64. The van der Waals surface area contributed by atoms with Gasteiger partial charge in [-0.3, -0.25) is 19.5 Å². The van der Waals surface area contributed by atoms with Crippen LogP contribution in [0.5, 0.6) is 0 Å². The Labute approximate surface area is 210 Å². The van der Waals surface area contributed by atoms with Gasteiger partial charge in [0.2, 0.25) is 12.3 Å². The normalized spacial score (nSPS) is 14.6. The van der Waals surface area contributed by atoms with E-state index in [-0.39, 0.29) is 27.6 Å². The van der Waals surface area contributed by atoms with Gasteiger partial charge in [-0.05, 0) is 29.7 Å². The molecule has 3 rings (SSSR count). The van der Waals surface area contributed by atoms with Crippen molar-refractivity contribution < 1.29 is 14.0 Å². The number of aliphatic imine (C=N–C) groups is 1. The van der Waals surface area contributed by atoms with Crippen LogP contribution in [0, 0.1) is 11.2 Å². The van der Waals surface area contributed by atoms with Crippen LogP contribution in [-0.2, 0) is 9.59 Å². The summed E-state index contributed by atoms with van der Waals surface area (Å²) in [6.45, 7) is 12.1. The van der Waals surface area contributed by atoms with Crippen molar-refractivity contribution in [2.45, 2.75) is 20.8 Å². The average Bonchev–Trinajstić information content (AvgIpc) is 2.83. The first kappa shape index (κ1) is 26.3. The molecule has 0 N–H and O–H groups in total. The van der Waals surface area contributed by atoms with Crippen molar-refractivity contribution >= 4 is 35.6 Å².